The first-order valence-electron chi connectivity index (χ1n) is 5.31. The lowest BCUT2D eigenvalue weighted by atomic mass is 10.1. The third kappa shape index (κ3) is 3.31. The van der Waals surface area contributed by atoms with E-state index in [1.807, 2.05) is 11.4 Å². The number of hydrogen-bond acceptors (Lipinski definition) is 6. The Bertz CT molecular complexity index is 519. The summed E-state index contributed by atoms with van der Waals surface area (Å²) in [5, 5.41) is 13.2. The van der Waals surface area contributed by atoms with Crippen LogP contribution in [-0.2, 0) is 0 Å². The number of nitrogens with two attached hydrogens (primary N) is 1. The molecule has 0 amide bonds. The molecule has 0 bridgehead atoms. The van der Waals surface area contributed by atoms with Gasteiger partial charge in [0.05, 0.1) is 11.0 Å². The fourth-order valence-electron chi connectivity index (χ4n) is 1.31. The van der Waals surface area contributed by atoms with Gasteiger partial charge in [-0.1, -0.05) is 11.8 Å². The van der Waals surface area contributed by atoms with Crippen LogP contribution in [0.1, 0.15) is 20.3 Å². The number of nitrogens with zero attached hydrogens (tertiary/aromatic N) is 2. The number of aromatic nitrogens is 2. The molecule has 0 radical (unpaired) electrons. The van der Waals surface area contributed by atoms with Gasteiger partial charge in [-0.2, -0.15) is 0 Å². The van der Waals surface area contributed by atoms with Crippen molar-refractivity contribution in [1.29, 1.82) is 0 Å². The average molecular weight is 269 g/mol. The van der Waals surface area contributed by atoms with Crippen LogP contribution < -0.4 is 5.73 Å². The van der Waals surface area contributed by atoms with Gasteiger partial charge in [0.2, 0.25) is 0 Å². The van der Waals surface area contributed by atoms with Gasteiger partial charge in [0, 0.05) is 5.75 Å². The molecule has 2 heterocycles. The lowest BCUT2D eigenvalue weighted by molar-refractivity contribution is 0.0777. The molecule has 0 saturated carbocycles. The molecule has 2 rings (SSSR count). The van der Waals surface area contributed by atoms with Crippen LogP contribution in [0.4, 0.5) is 5.82 Å². The van der Waals surface area contributed by atoms with E-state index in [1.165, 1.54) is 11.8 Å². The van der Waals surface area contributed by atoms with Gasteiger partial charge < -0.3 is 10.8 Å². The van der Waals surface area contributed by atoms with E-state index >= 15 is 0 Å². The monoisotopic (exact) mass is 269 g/mol. The summed E-state index contributed by atoms with van der Waals surface area (Å²) in [5.74, 6) is 1.31. The topological polar surface area (TPSA) is 72.0 Å². The molecular weight excluding hydrogens is 254 g/mol. The second-order valence-corrected chi connectivity index (χ2v) is 6.40. The van der Waals surface area contributed by atoms with Crippen LogP contribution in [0.25, 0.3) is 10.2 Å². The van der Waals surface area contributed by atoms with Gasteiger partial charge in [-0.3, -0.25) is 0 Å². The number of hydrogen-bond donors (Lipinski definition) is 2. The summed E-state index contributed by atoms with van der Waals surface area (Å²) in [6.45, 7) is 3.59. The van der Waals surface area contributed by atoms with Gasteiger partial charge in [-0.25, -0.2) is 9.97 Å². The highest BCUT2D eigenvalue weighted by atomic mass is 32.2. The Kier molecular flexibility index (Phi) is 3.56. The molecule has 0 aliphatic carbocycles. The molecular formula is C11H15N3OS2. The van der Waals surface area contributed by atoms with Crippen LogP contribution in [0.5, 0.6) is 0 Å². The van der Waals surface area contributed by atoms with E-state index < -0.39 is 5.60 Å². The van der Waals surface area contributed by atoms with Crippen LogP contribution in [0.2, 0.25) is 0 Å². The summed E-state index contributed by atoms with van der Waals surface area (Å²) in [7, 11) is 0. The standard InChI is InChI=1S/C11H15N3OS2/c1-11(2,15)4-6-17-10-13-8(12)7-3-5-16-9(7)14-10/h3,5,15H,4,6H2,1-2H3,(H2,12,13,14). The molecule has 0 saturated heterocycles. The molecule has 0 unspecified atom stereocenters. The van der Waals surface area contributed by atoms with Gasteiger partial charge in [-0.15, -0.1) is 11.3 Å². The third-order valence-corrected chi connectivity index (χ3v) is 3.93. The van der Waals surface area contributed by atoms with Gasteiger partial charge in [0.15, 0.2) is 5.16 Å². The van der Waals surface area contributed by atoms with Gasteiger partial charge >= 0.3 is 0 Å². The number of thioether (sulfide) groups is 1. The third-order valence-electron chi connectivity index (χ3n) is 2.28. The van der Waals surface area contributed by atoms with E-state index in [9.17, 15) is 5.11 Å². The summed E-state index contributed by atoms with van der Waals surface area (Å²) >= 11 is 3.08. The van der Waals surface area contributed by atoms with Crippen molar-refractivity contribution >= 4 is 39.1 Å². The minimum absolute atomic E-state index is 0.530. The Morgan fingerprint density at radius 3 is 2.94 bits per heavy atom. The average Bonchev–Trinajstić information content (AvgIpc) is 2.64. The number of thiophene rings is 1. The van der Waals surface area contributed by atoms with Crippen molar-refractivity contribution in [2.75, 3.05) is 11.5 Å². The number of aliphatic hydroxyl groups is 1. The van der Waals surface area contributed by atoms with Crippen LogP contribution >= 0.6 is 23.1 Å². The minimum atomic E-state index is -0.647. The first-order valence-corrected chi connectivity index (χ1v) is 7.18. The summed E-state index contributed by atoms with van der Waals surface area (Å²) in [6.07, 6.45) is 0.698. The van der Waals surface area contributed by atoms with Gasteiger partial charge in [0.25, 0.3) is 0 Å². The lowest BCUT2D eigenvalue weighted by Crippen LogP contribution is -2.19. The van der Waals surface area contributed by atoms with Crippen LogP contribution in [0, 0.1) is 0 Å². The fourth-order valence-corrected chi connectivity index (χ4v) is 3.25. The second kappa shape index (κ2) is 4.80. The van der Waals surface area contributed by atoms with Gasteiger partial charge in [0.1, 0.15) is 10.6 Å². The number of nitrogen functional groups attached to an aromatic ring is 1. The van der Waals surface area contributed by atoms with Crippen LogP contribution in [0.3, 0.4) is 0 Å². The van der Waals surface area contributed by atoms with Crippen molar-refractivity contribution in [3.63, 3.8) is 0 Å². The van der Waals surface area contributed by atoms with E-state index in [0.717, 1.165) is 16.0 Å². The van der Waals surface area contributed by atoms with Gasteiger partial charge in [-0.05, 0) is 31.7 Å². The van der Waals surface area contributed by atoms with Crippen LogP contribution in [-0.4, -0.2) is 26.4 Å². The zero-order chi connectivity index (χ0) is 12.5. The van der Waals surface area contributed by atoms with E-state index in [1.54, 1.807) is 25.2 Å². The van der Waals surface area contributed by atoms with Crippen molar-refractivity contribution in [3.05, 3.63) is 11.4 Å². The maximum absolute atomic E-state index is 9.61. The molecule has 17 heavy (non-hydrogen) atoms. The van der Waals surface area contributed by atoms with Crippen molar-refractivity contribution in [3.8, 4) is 0 Å². The maximum Gasteiger partial charge on any atom is 0.190 e. The first kappa shape index (κ1) is 12.6. The molecule has 3 N–H and O–H groups in total. The smallest absolute Gasteiger partial charge is 0.190 e. The Morgan fingerprint density at radius 1 is 1.47 bits per heavy atom. The molecule has 2 aromatic heterocycles. The molecule has 0 fully saturated rings. The highest BCUT2D eigenvalue weighted by Gasteiger charge is 2.13. The molecule has 0 aliphatic heterocycles. The van der Waals surface area contributed by atoms with E-state index in [-0.39, 0.29) is 0 Å². The lowest BCUT2D eigenvalue weighted by Gasteiger charge is -2.15. The highest BCUT2D eigenvalue weighted by Crippen LogP contribution is 2.27. The molecule has 4 nitrogen and oxygen atoms in total. The normalized spacial score (nSPS) is 12.2. The summed E-state index contributed by atoms with van der Waals surface area (Å²) in [4.78, 5) is 9.59. The second-order valence-electron chi connectivity index (χ2n) is 4.44. The summed E-state index contributed by atoms with van der Waals surface area (Å²) in [6, 6.07) is 1.93. The number of rotatable bonds is 4. The highest BCUT2D eigenvalue weighted by molar-refractivity contribution is 7.99. The van der Waals surface area contributed by atoms with E-state index in [4.69, 9.17) is 5.73 Å². The van der Waals surface area contributed by atoms with Crippen molar-refractivity contribution in [2.24, 2.45) is 0 Å². The Balaban J connectivity index is 2.09. The zero-order valence-electron chi connectivity index (χ0n) is 9.80. The molecule has 0 spiro atoms. The minimum Gasteiger partial charge on any atom is -0.390 e. The van der Waals surface area contributed by atoms with Crippen molar-refractivity contribution < 1.29 is 5.11 Å². The molecule has 0 atom stereocenters. The Morgan fingerprint density at radius 2 is 2.24 bits per heavy atom. The molecule has 92 valence electrons. The number of fused-ring (bicyclic) bond motifs is 1. The zero-order valence-corrected chi connectivity index (χ0v) is 11.4. The predicted octanol–water partition coefficient (Wildman–Crippen LogP) is 2.53. The van der Waals surface area contributed by atoms with E-state index in [0.29, 0.717) is 17.4 Å². The fraction of sp³-hybridized carbons (Fsp3) is 0.455. The predicted molar refractivity (Wildman–Crippen MR) is 73.5 cm³/mol. The SMILES string of the molecule is CC(C)(O)CCSc1nc(N)c2ccsc2n1. The summed E-state index contributed by atoms with van der Waals surface area (Å²) < 4.78 is 0. The Hall–Kier alpha value is -0.850. The van der Waals surface area contributed by atoms with Crippen molar-refractivity contribution in [2.45, 2.75) is 31.0 Å². The molecule has 2 aromatic rings. The van der Waals surface area contributed by atoms with Crippen molar-refractivity contribution in [1.82, 2.24) is 9.97 Å². The molecule has 6 heteroatoms. The first-order chi connectivity index (χ1) is 7.96. The molecule has 0 aliphatic rings. The maximum atomic E-state index is 9.61. The van der Waals surface area contributed by atoms with Crippen LogP contribution in [0.15, 0.2) is 16.6 Å². The van der Waals surface area contributed by atoms with E-state index in [2.05, 4.69) is 9.97 Å². The Labute approximate surface area is 108 Å². The summed E-state index contributed by atoms with van der Waals surface area (Å²) in [5.41, 5.74) is 5.20. The molecule has 0 aromatic carbocycles. The number of anilines is 1. The largest absolute Gasteiger partial charge is 0.390 e. The quantitative estimate of drug-likeness (QED) is 0.659.